The minimum absolute atomic E-state index is 0.209. The van der Waals surface area contributed by atoms with E-state index in [0.717, 1.165) is 6.42 Å². The van der Waals surface area contributed by atoms with Gasteiger partial charge in [-0.2, -0.15) is 0 Å². The lowest BCUT2D eigenvalue weighted by Crippen LogP contribution is -2.24. The number of aryl methyl sites for hydroxylation is 1. The highest BCUT2D eigenvalue weighted by molar-refractivity contribution is 6.35. The first-order valence-corrected chi connectivity index (χ1v) is 7.97. The van der Waals surface area contributed by atoms with Gasteiger partial charge in [0.05, 0.1) is 0 Å². The number of aliphatic imine (C=N–C) groups is 1. The zero-order valence-corrected chi connectivity index (χ0v) is 13.7. The highest BCUT2D eigenvalue weighted by Crippen LogP contribution is 2.24. The lowest BCUT2D eigenvalue weighted by Gasteiger charge is -2.00. The molecule has 0 unspecified atom stereocenters. The van der Waals surface area contributed by atoms with Crippen molar-refractivity contribution in [3.05, 3.63) is 75.4 Å². The van der Waals surface area contributed by atoms with Crippen LogP contribution in [0.5, 0.6) is 0 Å². The third kappa shape index (κ3) is 4.01. The van der Waals surface area contributed by atoms with Crippen molar-refractivity contribution < 1.29 is 4.79 Å². The quantitative estimate of drug-likeness (QED) is 0.815. The Balaban J connectivity index is 1.74. The molecule has 1 aliphatic rings. The van der Waals surface area contributed by atoms with Gasteiger partial charge in [-0.3, -0.25) is 4.79 Å². The third-order valence-corrected chi connectivity index (χ3v) is 4.06. The van der Waals surface area contributed by atoms with Crippen molar-refractivity contribution in [1.82, 2.24) is 5.32 Å². The van der Waals surface area contributed by atoms with Crippen molar-refractivity contribution >= 4 is 41.0 Å². The molecule has 1 N–H and O–H groups in total. The molecule has 2 aromatic carbocycles. The summed E-state index contributed by atoms with van der Waals surface area (Å²) in [4.78, 5) is 16.4. The van der Waals surface area contributed by atoms with Crippen LogP contribution in [0.25, 0.3) is 6.08 Å². The van der Waals surface area contributed by atoms with E-state index in [1.54, 1.807) is 24.3 Å². The number of nitrogens with zero attached hydrogens (tertiary/aromatic N) is 1. The summed E-state index contributed by atoms with van der Waals surface area (Å²) in [6.45, 7) is 0. The Kier molecular flexibility index (Phi) is 4.79. The van der Waals surface area contributed by atoms with Gasteiger partial charge in [0.25, 0.3) is 5.91 Å². The number of hydrogen-bond donors (Lipinski definition) is 1. The molecule has 1 aliphatic heterocycles. The van der Waals surface area contributed by atoms with Crippen LogP contribution in [-0.4, -0.2) is 11.7 Å². The average Bonchev–Trinajstić information content (AvgIpc) is 2.89. The molecule has 0 radical (unpaired) electrons. The number of carbonyl (C=O) groups excluding carboxylic acids is 1. The number of rotatable bonds is 4. The van der Waals surface area contributed by atoms with Crippen LogP contribution < -0.4 is 5.32 Å². The number of carbonyl (C=O) groups is 1. The number of hydrogen-bond acceptors (Lipinski definition) is 2. The third-order valence-electron chi connectivity index (χ3n) is 3.49. The summed E-state index contributed by atoms with van der Waals surface area (Å²) in [5.41, 5.74) is 2.29. The number of amidine groups is 1. The largest absolute Gasteiger partial charge is 0.309 e. The van der Waals surface area contributed by atoms with E-state index >= 15 is 0 Å². The molecule has 2 aromatic rings. The number of benzene rings is 2. The fourth-order valence-electron chi connectivity index (χ4n) is 2.31. The molecule has 0 atom stereocenters. The van der Waals surface area contributed by atoms with Gasteiger partial charge in [-0.15, -0.1) is 0 Å². The standard InChI is InChI=1S/C18H14Cl2N2O/c19-14-8-7-13(15(20)11-14)10-16-18(23)22-17(21-16)9-6-12-4-2-1-3-5-12/h1-5,7-8,10-11H,6,9H2,(H,21,22,23)/b16-10-. The predicted molar refractivity (Wildman–Crippen MR) is 94.8 cm³/mol. The number of amides is 1. The number of halogens is 2. The van der Waals surface area contributed by atoms with Gasteiger partial charge in [0.15, 0.2) is 0 Å². The molecule has 0 saturated heterocycles. The Morgan fingerprint density at radius 2 is 1.83 bits per heavy atom. The molecule has 0 aromatic heterocycles. The fourth-order valence-corrected chi connectivity index (χ4v) is 2.77. The summed E-state index contributed by atoms with van der Waals surface area (Å²) >= 11 is 12.0. The minimum Gasteiger partial charge on any atom is -0.309 e. The Morgan fingerprint density at radius 3 is 2.57 bits per heavy atom. The van der Waals surface area contributed by atoms with Gasteiger partial charge in [0, 0.05) is 16.5 Å². The van der Waals surface area contributed by atoms with E-state index in [0.29, 0.717) is 33.6 Å². The molecule has 0 bridgehead atoms. The van der Waals surface area contributed by atoms with Crippen molar-refractivity contribution in [3.63, 3.8) is 0 Å². The summed E-state index contributed by atoms with van der Waals surface area (Å²) in [7, 11) is 0. The smallest absolute Gasteiger partial charge is 0.275 e. The predicted octanol–water partition coefficient (Wildman–Crippen LogP) is 4.50. The maximum Gasteiger partial charge on any atom is 0.275 e. The Morgan fingerprint density at radius 1 is 1.04 bits per heavy atom. The van der Waals surface area contributed by atoms with E-state index < -0.39 is 0 Å². The van der Waals surface area contributed by atoms with E-state index in [4.69, 9.17) is 23.2 Å². The van der Waals surface area contributed by atoms with Crippen molar-refractivity contribution in [2.45, 2.75) is 12.8 Å². The lowest BCUT2D eigenvalue weighted by atomic mass is 10.1. The van der Waals surface area contributed by atoms with Gasteiger partial charge in [-0.05, 0) is 35.8 Å². The van der Waals surface area contributed by atoms with E-state index in [1.165, 1.54) is 5.56 Å². The highest BCUT2D eigenvalue weighted by atomic mass is 35.5. The molecule has 3 nitrogen and oxygen atoms in total. The van der Waals surface area contributed by atoms with Crippen LogP contribution in [0.15, 0.2) is 59.2 Å². The minimum atomic E-state index is -0.209. The Bertz CT molecular complexity index is 798. The molecule has 0 spiro atoms. The van der Waals surface area contributed by atoms with E-state index in [-0.39, 0.29) is 5.91 Å². The van der Waals surface area contributed by atoms with Crippen molar-refractivity contribution in [1.29, 1.82) is 0 Å². The van der Waals surface area contributed by atoms with Gasteiger partial charge in [-0.25, -0.2) is 4.99 Å². The summed E-state index contributed by atoms with van der Waals surface area (Å²) in [5.74, 6) is 0.467. The van der Waals surface area contributed by atoms with Gasteiger partial charge in [0.1, 0.15) is 11.5 Å². The molecule has 5 heteroatoms. The normalized spacial score (nSPS) is 15.7. The highest BCUT2D eigenvalue weighted by Gasteiger charge is 2.19. The molecule has 116 valence electrons. The Labute approximate surface area is 144 Å². The molecule has 1 heterocycles. The second kappa shape index (κ2) is 6.99. The zero-order chi connectivity index (χ0) is 16.2. The molecule has 23 heavy (non-hydrogen) atoms. The number of nitrogens with one attached hydrogen (secondary N) is 1. The second-order valence-electron chi connectivity index (χ2n) is 5.19. The first-order chi connectivity index (χ1) is 11.1. The van der Waals surface area contributed by atoms with E-state index in [1.807, 2.05) is 18.2 Å². The molecular weight excluding hydrogens is 331 g/mol. The Hall–Kier alpha value is -2.10. The van der Waals surface area contributed by atoms with Crippen LogP contribution in [0, 0.1) is 0 Å². The topological polar surface area (TPSA) is 41.5 Å². The first kappa shape index (κ1) is 15.8. The molecule has 3 rings (SSSR count). The average molecular weight is 345 g/mol. The first-order valence-electron chi connectivity index (χ1n) is 7.21. The van der Waals surface area contributed by atoms with Crippen LogP contribution in [0.2, 0.25) is 10.0 Å². The molecule has 0 fully saturated rings. The van der Waals surface area contributed by atoms with Crippen molar-refractivity contribution in [2.24, 2.45) is 4.99 Å². The maximum absolute atomic E-state index is 12.0. The second-order valence-corrected chi connectivity index (χ2v) is 6.04. The van der Waals surface area contributed by atoms with Gasteiger partial charge in [-0.1, -0.05) is 59.6 Å². The van der Waals surface area contributed by atoms with E-state index in [2.05, 4.69) is 22.4 Å². The summed E-state index contributed by atoms with van der Waals surface area (Å²) in [6, 6.07) is 15.2. The maximum atomic E-state index is 12.0. The van der Waals surface area contributed by atoms with Crippen LogP contribution in [-0.2, 0) is 11.2 Å². The van der Waals surface area contributed by atoms with Crippen molar-refractivity contribution in [3.8, 4) is 0 Å². The van der Waals surface area contributed by atoms with Crippen LogP contribution in [0.4, 0.5) is 0 Å². The van der Waals surface area contributed by atoms with Gasteiger partial charge >= 0.3 is 0 Å². The van der Waals surface area contributed by atoms with Crippen molar-refractivity contribution in [2.75, 3.05) is 0 Å². The molecule has 1 amide bonds. The monoisotopic (exact) mass is 344 g/mol. The van der Waals surface area contributed by atoms with E-state index in [9.17, 15) is 4.79 Å². The lowest BCUT2D eigenvalue weighted by molar-refractivity contribution is -0.115. The SMILES string of the molecule is O=C1NC(CCc2ccccc2)=N/C1=C\c1ccc(Cl)cc1Cl. The van der Waals surface area contributed by atoms with Crippen LogP contribution in [0.1, 0.15) is 17.5 Å². The summed E-state index contributed by atoms with van der Waals surface area (Å²) in [6.07, 6.45) is 3.18. The van der Waals surface area contributed by atoms with Gasteiger partial charge < -0.3 is 5.32 Å². The summed E-state index contributed by atoms with van der Waals surface area (Å²) in [5, 5.41) is 3.85. The summed E-state index contributed by atoms with van der Waals surface area (Å²) < 4.78 is 0. The molecule has 0 aliphatic carbocycles. The molecular formula is C18H14Cl2N2O. The molecule has 0 saturated carbocycles. The van der Waals surface area contributed by atoms with Crippen LogP contribution in [0.3, 0.4) is 0 Å². The van der Waals surface area contributed by atoms with Gasteiger partial charge in [0.2, 0.25) is 0 Å². The zero-order valence-electron chi connectivity index (χ0n) is 12.2. The fraction of sp³-hybridized carbons (Fsp3) is 0.111. The van der Waals surface area contributed by atoms with Crippen LogP contribution >= 0.6 is 23.2 Å².